The van der Waals surface area contributed by atoms with E-state index in [1.807, 2.05) is 6.92 Å². The van der Waals surface area contributed by atoms with Crippen molar-refractivity contribution in [2.75, 3.05) is 6.54 Å². The molecule has 2 heterocycles. The van der Waals surface area contributed by atoms with Crippen molar-refractivity contribution in [3.63, 3.8) is 0 Å². The minimum Gasteiger partial charge on any atom is -0.480 e. The molecule has 1 aliphatic rings. The minimum atomic E-state index is -1.12. The summed E-state index contributed by atoms with van der Waals surface area (Å²) in [5.74, 6) is -1.20. The van der Waals surface area contributed by atoms with Gasteiger partial charge in [0.05, 0.1) is 5.69 Å². The zero-order chi connectivity index (χ0) is 14.0. The smallest absolute Gasteiger partial charge is 0.329 e. The number of rotatable bonds is 3. The summed E-state index contributed by atoms with van der Waals surface area (Å²) in [5, 5.41) is 13.3. The summed E-state index contributed by atoms with van der Waals surface area (Å²) in [6.07, 6.45) is 2.77. The molecule has 0 aliphatic carbocycles. The number of hydrogen-bond donors (Lipinski definition) is 1. The van der Waals surface area contributed by atoms with E-state index in [0.29, 0.717) is 30.0 Å². The molecule has 1 aliphatic heterocycles. The fourth-order valence-corrected chi connectivity index (χ4v) is 3.09. The molecule has 19 heavy (non-hydrogen) atoms. The predicted octanol–water partition coefficient (Wildman–Crippen LogP) is 1.57. The Kier molecular flexibility index (Phi) is 3.84. The Morgan fingerprint density at radius 2 is 2.21 bits per heavy atom. The van der Waals surface area contributed by atoms with Gasteiger partial charge in [0.2, 0.25) is 0 Å². The third-order valence-electron chi connectivity index (χ3n) is 3.68. The van der Waals surface area contributed by atoms with Gasteiger partial charge in [0.1, 0.15) is 10.4 Å². The largest absolute Gasteiger partial charge is 0.480 e. The van der Waals surface area contributed by atoms with Gasteiger partial charge in [-0.05, 0) is 44.1 Å². The molecule has 1 aromatic heterocycles. The maximum Gasteiger partial charge on any atom is 0.329 e. The third-order valence-corrected chi connectivity index (χ3v) is 4.44. The average Bonchev–Trinajstić information content (AvgIpc) is 2.86. The lowest BCUT2D eigenvalue weighted by atomic mass is 9.88. The number of piperidine rings is 1. The Bertz CT molecular complexity index is 502. The summed E-state index contributed by atoms with van der Waals surface area (Å²) in [4.78, 5) is 26.0. The number of carboxylic acid groups (broad SMARTS) is 1. The number of carboxylic acids is 1. The number of amides is 1. The first-order chi connectivity index (χ1) is 9.00. The van der Waals surface area contributed by atoms with E-state index >= 15 is 0 Å². The van der Waals surface area contributed by atoms with Crippen LogP contribution in [0.25, 0.3) is 0 Å². The number of nitrogens with zero attached hydrogens (tertiary/aromatic N) is 3. The van der Waals surface area contributed by atoms with Crippen LogP contribution in [0.3, 0.4) is 0 Å². The minimum absolute atomic E-state index is 0.253. The van der Waals surface area contributed by atoms with Gasteiger partial charge in [-0.2, -0.15) is 0 Å². The van der Waals surface area contributed by atoms with E-state index < -0.39 is 11.5 Å². The molecular weight excluding hydrogens is 266 g/mol. The molecule has 1 fully saturated rings. The number of hydrogen-bond acceptors (Lipinski definition) is 5. The van der Waals surface area contributed by atoms with Crippen LogP contribution in [0.1, 0.15) is 48.5 Å². The van der Waals surface area contributed by atoms with Crippen LogP contribution in [0.15, 0.2) is 0 Å². The highest BCUT2D eigenvalue weighted by Crippen LogP contribution is 2.30. The summed E-state index contributed by atoms with van der Waals surface area (Å²) in [7, 11) is 0. The van der Waals surface area contributed by atoms with Crippen LogP contribution in [0.4, 0.5) is 0 Å². The van der Waals surface area contributed by atoms with Gasteiger partial charge >= 0.3 is 5.97 Å². The molecule has 1 unspecified atom stereocenters. The molecule has 0 radical (unpaired) electrons. The van der Waals surface area contributed by atoms with Crippen LogP contribution in [0.5, 0.6) is 0 Å². The van der Waals surface area contributed by atoms with Crippen LogP contribution in [-0.4, -0.2) is 43.6 Å². The lowest BCUT2D eigenvalue weighted by Gasteiger charge is -2.41. The van der Waals surface area contributed by atoms with E-state index in [9.17, 15) is 14.7 Å². The van der Waals surface area contributed by atoms with Gasteiger partial charge in [0, 0.05) is 6.54 Å². The van der Waals surface area contributed by atoms with E-state index in [4.69, 9.17) is 0 Å². The van der Waals surface area contributed by atoms with E-state index in [1.54, 1.807) is 6.92 Å². The summed E-state index contributed by atoms with van der Waals surface area (Å²) in [6, 6.07) is 0. The zero-order valence-electron chi connectivity index (χ0n) is 11.0. The van der Waals surface area contributed by atoms with Crippen molar-refractivity contribution in [3.05, 3.63) is 10.6 Å². The molecule has 104 valence electrons. The van der Waals surface area contributed by atoms with Crippen molar-refractivity contribution < 1.29 is 14.7 Å². The lowest BCUT2D eigenvalue weighted by molar-refractivity contribution is -0.150. The SMILES string of the molecule is CCc1nnsc1C(=O)N1CCCCC1(C)C(=O)O. The van der Waals surface area contributed by atoms with Gasteiger partial charge in [-0.15, -0.1) is 5.10 Å². The maximum absolute atomic E-state index is 12.6. The predicted molar refractivity (Wildman–Crippen MR) is 70.2 cm³/mol. The monoisotopic (exact) mass is 283 g/mol. The van der Waals surface area contributed by atoms with E-state index in [2.05, 4.69) is 9.59 Å². The molecule has 6 nitrogen and oxygen atoms in total. The third kappa shape index (κ3) is 2.34. The number of aryl methyl sites for hydroxylation is 1. The molecule has 1 N–H and O–H groups in total. The highest BCUT2D eigenvalue weighted by atomic mass is 32.1. The first-order valence-electron chi connectivity index (χ1n) is 6.37. The van der Waals surface area contributed by atoms with Crippen molar-refractivity contribution in [3.8, 4) is 0 Å². The van der Waals surface area contributed by atoms with Crippen LogP contribution in [0, 0.1) is 0 Å². The van der Waals surface area contributed by atoms with Gasteiger partial charge in [0.15, 0.2) is 0 Å². The summed E-state index contributed by atoms with van der Waals surface area (Å²) in [6.45, 7) is 4.00. The van der Waals surface area contributed by atoms with Crippen LogP contribution in [-0.2, 0) is 11.2 Å². The zero-order valence-corrected chi connectivity index (χ0v) is 11.9. The lowest BCUT2D eigenvalue weighted by Crippen LogP contribution is -2.57. The highest BCUT2D eigenvalue weighted by molar-refractivity contribution is 7.08. The van der Waals surface area contributed by atoms with Crippen molar-refractivity contribution in [1.82, 2.24) is 14.5 Å². The van der Waals surface area contributed by atoms with E-state index in [1.165, 1.54) is 4.90 Å². The fourth-order valence-electron chi connectivity index (χ4n) is 2.39. The van der Waals surface area contributed by atoms with E-state index in [-0.39, 0.29) is 5.91 Å². The van der Waals surface area contributed by atoms with Gasteiger partial charge in [-0.25, -0.2) is 4.79 Å². The molecule has 1 atom stereocenters. The average molecular weight is 283 g/mol. The molecule has 1 saturated heterocycles. The molecule has 2 rings (SSSR count). The van der Waals surface area contributed by atoms with Gasteiger partial charge in [0.25, 0.3) is 5.91 Å². The normalized spacial score (nSPS) is 23.4. The topological polar surface area (TPSA) is 83.4 Å². The number of carbonyl (C=O) groups is 2. The van der Waals surface area contributed by atoms with Crippen molar-refractivity contribution >= 4 is 23.4 Å². The molecule has 0 aromatic carbocycles. The summed E-state index contributed by atoms with van der Waals surface area (Å²) in [5.41, 5.74) is -0.474. The number of likely N-dealkylation sites (tertiary alicyclic amines) is 1. The molecular formula is C12H17N3O3S. The second-order valence-corrected chi connectivity index (χ2v) is 5.65. The Morgan fingerprint density at radius 1 is 1.47 bits per heavy atom. The molecule has 0 spiro atoms. The van der Waals surface area contributed by atoms with Gasteiger partial charge in [-0.1, -0.05) is 11.4 Å². The fraction of sp³-hybridized carbons (Fsp3) is 0.667. The quantitative estimate of drug-likeness (QED) is 0.910. The Balaban J connectivity index is 2.33. The number of carbonyl (C=O) groups excluding carboxylic acids is 1. The van der Waals surface area contributed by atoms with Crippen LogP contribution >= 0.6 is 11.5 Å². The Morgan fingerprint density at radius 3 is 2.84 bits per heavy atom. The van der Waals surface area contributed by atoms with E-state index in [0.717, 1.165) is 24.4 Å². The molecule has 1 amide bonds. The van der Waals surface area contributed by atoms with Crippen LogP contribution < -0.4 is 0 Å². The standard InChI is InChI=1S/C12H17N3O3S/c1-3-8-9(19-14-13-8)10(16)15-7-5-4-6-12(15,2)11(17)18/h3-7H2,1-2H3,(H,17,18). The first-order valence-corrected chi connectivity index (χ1v) is 7.14. The summed E-state index contributed by atoms with van der Waals surface area (Å²) < 4.78 is 3.80. The maximum atomic E-state index is 12.6. The Hall–Kier alpha value is -1.50. The molecule has 0 saturated carbocycles. The van der Waals surface area contributed by atoms with Crippen molar-refractivity contribution in [1.29, 1.82) is 0 Å². The second-order valence-electron chi connectivity index (χ2n) is 4.90. The summed E-state index contributed by atoms with van der Waals surface area (Å²) >= 11 is 1.04. The Labute approximate surface area is 115 Å². The van der Waals surface area contributed by atoms with Gasteiger partial charge in [-0.3, -0.25) is 4.79 Å². The molecule has 7 heteroatoms. The van der Waals surface area contributed by atoms with Gasteiger partial charge < -0.3 is 10.0 Å². The van der Waals surface area contributed by atoms with Crippen molar-refractivity contribution in [2.45, 2.75) is 45.1 Å². The number of aliphatic carboxylic acids is 1. The molecule has 1 aromatic rings. The highest BCUT2D eigenvalue weighted by Gasteiger charge is 2.44. The second kappa shape index (κ2) is 5.24. The molecule has 0 bridgehead atoms. The first kappa shape index (κ1) is 13.9. The van der Waals surface area contributed by atoms with Crippen LogP contribution in [0.2, 0.25) is 0 Å². The van der Waals surface area contributed by atoms with Crippen molar-refractivity contribution in [2.24, 2.45) is 0 Å². The number of aromatic nitrogens is 2.